The van der Waals surface area contributed by atoms with Crippen LogP contribution >= 0.6 is 0 Å². The minimum Gasteiger partial charge on any atom is -0.497 e. The Morgan fingerprint density at radius 3 is 2.77 bits per heavy atom. The number of rotatable bonds is 5. The van der Waals surface area contributed by atoms with Crippen LogP contribution in [0.5, 0.6) is 5.75 Å². The average molecular weight is 349 g/mol. The standard InChI is InChI=1S/C20H23N5O/c1-26-18-6-4-17(5-7-18)25-12-10-22-20(25)14-24-11-2-3-16(13-24)19-8-9-21-15-23-19/h4-10,12,15-16H,2-3,11,13-14H2,1H3/t16-/m1/s1. The maximum Gasteiger partial charge on any atom is 0.127 e. The van der Waals surface area contributed by atoms with Crippen LogP contribution < -0.4 is 4.74 Å². The highest BCUT2D eigenvalue weighted by Gasteiger charge is 2.23. The molecule has 3 aromatic rings. The number of piperidine rings is 1. The molecule has 2 aromatic heterocycles. The normalized spacial score (nSPS) is 18.0. The molecule has 4 rings (SSSR count). The van der Waals surface area contributed by atoms with Crippen LogP contribution in [-0.2, 0) is 6.54 Å². The predicted molar refractivity (Wildman–Crippen MR) is 99.4 cm³/mol. The van der Waals surface area contributed by atoms with Crippen molar-refractivity contribution in [1.29, 1.82) is 0 Å². The van der Waals surface area contributed by atoms with E-state index >= 15 is 0 Å². The van der Waals surface area contributed by atoms with Crippen molar-refractivity contribution >= 4 is 0 Å². The number of hydrogen-bond acceptors (Lipinski definition) is 5. The van der Waals surface area contributed by atoms with E-state index in [0.29, 0.717) is 5.92 Å². The molecule has 0 saturated carbocycles. The molecular weight excluding hydrogens is 326 g/mol. The Kier molecular flexibility index (Phi) is 4.93. The number of ether oxygens (including phenoxy) is 1. The molecule has 6 nitrogen and oxygen atoms in total. The first kappa shape index (κ1) is 16.7. The van der Waals surface area contributed by atoms with Gasteiger partial charge in [0.2, 0.25) is 0 Å². The molecule has 26 heavy (non-hydrogen) atoms. The van der Waals surface area contributed by atoms with Crippen LogP contribution in [-0.4, -0.2) is 44.6 Å². The highest BCUT2D eigenvalue weighted by molar-refractivity contribution is 5.38. The Hall–Kier alpha value is -2.73. The second kappa shape index (κ2) is 7.66. The molecule has 3 heterocycles. The SMILES string of the molecule is COc1ccc(-n2ccnc2CN2CCC[C@@H](c3ccncn3)C2)cc1. The van der Waals surface area contributed by atoms with Crippen molar-refractivity contribution in [3.63, 3.8) is 0 Å². The average Bonchev–Trinajstić information content (AvgIpc) is 3.17. The van der Waals surface area contributed by atoms with Crippen molar-refractivity contribution in [3.05, 3.63) is 66.8 Å². The molecule has 1 saturated heterocycles. The van der Waals surface area contributed by atoms with Gasteiger partial charge in [0.05, 0.1) is 13.7 Å². The molecule has 134 valence electrons. The van der Waals surface area contributed by atoms with E-state index in [9.17, 15) is 0 Å². The summed E-state index contributed by atoms with van der Waals surface area (Å²) in [5, 5.41) is 0. The van der Waals surface area contributed by atoms with Crippen molar-refractivity contribution in [1.82, 2.24) is 24.4 Å². The lowest BCUT2D eigenvalue weighted by atomic mass is 9.94. The molecular formula is C20H23N5O. The van der Waals surface area contributed by atoms with Gasteiger partial charge in [-0.15, -0.1) is 0 Å². The van der Waals surface area contributed by atoms with Crippen LogP contribution in [0.2, 0.25) is 0 Å². The summed E-state index contributed by atoms with van der Waals surface area (Å²) in [6.45, 7) is 2.93. The van der Waals surface area contributed by atoms with Crippen LogP contribution in [0.4, 0.5) is 0 Å². The summed E-state index contributed by atoms with van der Waals surface area (Å²) in [6.07, 6.45) is 9.72. The Morgan fingerprint density at radius 1 is 1.12 bits per heavy atom. The number of aromatic nitrogens is 4. The van der Waals surface area contributed by atoms with Crippen LogP contribution in [0, 0.1) is 0 Å². The van der Waals surface area contributed by atoms with E-state index in [1.807, 2.05) is 36.8 Å². The largest absolute Gasteiger partial charge is 0.497 e. The van der Waals surface area contributed by atoms with Gasteiger partial charge < -0.3 is 9.30 Å². The van der Waals surface area contributed by atoms with Gasteiger partial charge in [-0.3, -0.25) is 4.90 Å². The summed E-state index contributed by atoms with van der Waals surface area (Å²) in [7, 11) is 1.68. The fourth-order valence-corrected chi connectivity index (χ4v) is 3.61. The van der Waals surface area contributed by atoms with E-state index in [1.165, 1.54) is 12.8 Å². The summed E-state index contributed by atoms with van der Waals surface area (Å²) >= 11 is 0. The zero-order chi connectivity index (χ0) is 17.8. The van der Waals surface area contributed by atoms with Crippen LogP contribution in [0.1, 0.15) is 30.3 Å². The highest BCUT2D eigenvalue weighted by Crippen LogP contribution is 2.26. The number of methoxy groups -OCH3 is 1. The fourth-order valence-electron chi connectivity index (χ4n) is 3.61. The molecule has 1 aromatic carbocycles. The van der Waals surface area contributed by atoms with Crippen LogP contribution in [0.25, 0.3) is 5.69 Å². The van der Waals surface area contributed by atoms with Crippen molar-refractivity contribution < 1.29 is 4.74 Å². The molecule has 0 amide bonds. The third kappa shape index (κ3) is 3.60. The molecule has 0 spiro atoms. The number of hydrogen-bond donors (Lipinski definition) is 0. The molecule has 1 fully saturated rings. The topological polar surface area (TPSA) is 56.1 Å². The lowest BCUT2D eigenvalue weighted by molar-refractivity contribution is 0.193. The molecule has 6 heteroatoms. The van der Waals surface area contributed by atoms with Crippen LogP contribution in [0.3, 0.4) is 0 Å². The molecule has 1 aliphatic heterocycles. The summed E-state index contributed by atoms with van der Waals surface area (Å²) in [6, 6.07) is 10.1. The number of likely N-dealkylation sites (tertiary alicyclic amines) is 1. The molecule has 0 N–H and O–H groups in total. The van der Waals surface area contributed by atoms with Gasteiger partial charge in [0.15, 0.2) is 0 Å². The van der Waals surface area contributed by atoms with Gasteiger partial charge >= 0.3 is 0 Å². The quantitative estimate of drug-likeness (QED) is 0.709. The van der Waals surface area contributed by atoms with Gasteiger partial charge in [0.1, 0.15) is 17.9 Å². The Labute approximate surface area is 153 Å². The third-order valence-corrected chi connectivity index (χ3v) is 4.96. The van der Waals surface area contributed by atoms with Gasteiger partial charge in [0, 0.05) is 42.4 Å². The number of imidazole rings is 1. The van der Waals surface area contributed by atoms with Crippen molar-refractivity contribution in [2.75, 3.05) is 20.2 Å². The van der Waals surface area contributed by atoms with Crippen molar-refractivity contribution in [2.45, 2.75) is 25.3 Å². The van der Waals surface area contributed by atoms with Gasteiger partial charge in [-0.2, -0.15) is 0 Å². The number of nitrogens with zero attached hydrogens (tertiary/aromatic N) is 5. The zero-order valence-electron chi connectivity index (χ0n) is 15.0. The first-order valence-corrected chi connectivity index (χ1v) is 8.98. The van der Waals surface area contributed by atoms with Gasteiger partial charge in [-0.1, -0.05) is 0 Å². The van der Waals surface area contributed by atoms with Gasteiger partial charge in [0.25, 0.3) is 0 Å². The molecule has 1 aliphatic rings. The smallest absolute Gasteiger partial charge is 0.127 e. The van der Waals surface area contributed by atoms with E-state index in [2.05, 4.69) is 36.6 Å². The summed E-state index contributed by atoms with van der Waals surface area (Å²) in [5.41, 5.74) is 2.24. The molecule has 0 unspecified atom stereocenters. The van der Waals surface area contributed by atoms with Gasteiger partial charge in [-0.05, 0) is 49.7 Å². The second-order valence-electron chi connectivity index (χ2n) is 6.62. The van der Waals surface area contributed by atoms with Crippen molar-refractivity contribution in [2.24, 2.45) is 0 Å². The van der Waals surface area contributed by atoms with Gasteiger partial charge in [-0.25, -0.2) is 15.0 Å². The lowest BCUT2D eigenvalue weighted by Crippen LogP contribution is -2.35. The number of benzene rings is 1. The van der Waals surface area contributed by atoms with E-state index in [-0.39, 0.29) is 0 Å². The minimum atomic E-state index is 0.469. The Bertz CT molecular complexity index is 831. The summed E-state index contributed by atoms with van der Waals surface area (Å²) in [5.74, 6) is 2.38. The first-order chi connectivity index (χ1) is 12.8. The van der Waals surface area contributed by atoms with E-state index < -0.39 is 0 Å². The highest BCUT2D eigenvalue weighted by atomic mass is 16.5. The maximum atomic E-state index is 5.25. The molecule has 0 aliphatic carbocycles. The minimum absolute atomic E-state index is 0.469. The first-order valence-electron chi connectivity index (χ1n) is 8.98. The molecule has 0 bridgehead atoms. The van der Waals surface area contributed by atoms with Crippen molar-refractivity contribution in [3.8, 4) is 11.4 Å². The second-order valence-corrected chi connectivity index (χ2v) is 6.62. The van der Waals surface area contributed by atoms with E-state index in [1.54, 1.807) is 13.4 Å². The Balaban J connectivity index is 1.48. The fraction of sp³-hybridized carbons (Fsp3) is 0.350. The summed E-state index contributed by atoms with van der Waals surface area (Å²) < 4.78 is 7.40. The van der Waals surface area contributed by atoms with E-state index in [0.717, 1.165) is 42.6 Å². The van der Waals surface area contributed by atoms with E-state index in [4.69, 9.17) is 4.74 Å². The lowest BCUT2D eigenvalue weighted by Gasteiger charge is -2.32. The monoisotopic (exact) mass is 349 g/mol. The maximum absolute atomic E-state index is 5.25. The third-order valence-electron chi connectivity index (χ3n) is 4.96. The zero-order valence-corrected chi connectivity index (χ0v) is 15.0. The molecule has 1 atom stereocenters. The Morgan fingerprint density at radius 2 is 2.00 bits per heavy atom. The molecule has 0 radical (unpaired) electrons. The van der Waals surface area contributed by atoms with Crippen LogP contribution in [0.15, 0.2) is 55.2 Å². The summed E-state index contributed by atoms with van der Waals surface area (Å²) in [4.78, 5) is 15.5. The predicted octanol–water partition coefficient (Wildman–Crippen LogP) is 3.05.